The molecule has 8 nitrogen and oxygen atoms in total. The fraction of sp³-hybridized carbons (Fsp3) is 0.480. The molecule has 2 aromatic heterocycles. The number of hydrogen-bond acceptors (Lipinski definition) is 9. The van der Waals surface area contributed by atoms with Crippen LogP contribution in [0.5, 0.6) is 5.75 Å². The molecule has 3 aromatic rings. The molecule has 0 unspecified atom stereocenters. The van der Waals surface area contributed by atoms with Gasteiger partial charge < -0.3 is 15.3 Å². The molecule has 2 N–H and O–H groups in total. The molecule has 0 amide bonds. The third kappa shape index (κ3) is 3.83. The van der Waals surface area contributed by atoms with Gasteiger partial charge in [-0.1, -0.05) is 6.07 Å². The number of fused-ring (bicyclic) bond motifs is 2. The normalized spacial score (nSPS) is 29.7. The minimum atomic E-state index is -1.02. The lowest BCUT2D eigenvalue weighted by atomic mass is 9.82. The molecule has 2 aliphatic heterocycles. The van der Waals surface area contributed by atoms with Crippen LogP contribution >= 0.6 is 11.3 Å². The molecule has 180 valence electrons. The number of nitrogens with one attached hydrogen (secondary N) is 1. The van der Waals surface area contributed by atoms with Gasteiger partial charge in [-0.15, -0.1) is 21.5 Å². The van der Waals surface area contributed by atoms with Gasteiger partial charge in [0.1, 0.15) is 28.7 Å². The van der Waals surface area contributed by atoms with Crippen LogP contribution in [0.15, 0.2) is 29.8 Å². The smallest absolute Gasteiger partial charge is 0.245 e. The second kappa shape index (κ2) is 7.93. The number of nitrogens with zero attached hydrogens (tertiary/aromatic N) is 6. The van der Waals surface area contributed by atoms with E-state index in [1.165, 1.54) is 11.3 Å². The van der Waals surface area contributed by atoms with Gasteiger partial charge in [0, 0.05) is 33.6 Å². The summed E-state index contributed by atoms with van der Waals surface area (Å²) >= 11 is 1.34. The predicted octanol–water partition coefficient (Wildman–Crippen LogP) is 4.22. The summed E-state index contributed by atoms with van der Waals surface area (Å²) in [7, 11) is 0. The van der Waals surface area contributed by atoms with E-state index in [0.717, 1.165) is 25.7 Å². The van der Waals surface area contributed by atoms with Crippen molar-refractivity contribution in [2.24, 2.45) is 0 Å². The third-order valence-corrected chi connectivity index (χ3v) is 8.50. The Hall–Kier alpha value is -3.16. The molecule has 2 bridgehead atoms. The number of halogens is 1. The van der Waals surface area contributed by atoms with E-state index in [1.807, 2.05) is 19.1 Å². The highest BCUT2D eigenvalue weighted by Gasteiger charge is 2.58. The summed E-state index contributed by atoms with van der Waals surface area (Å²) < 4.78 is 15.8. The molecule has 1 saturated carbocycles. The minimum absolute atomic E-state index is 0.0266. The largest absolute Gasteiger partial charge is 0.507 e. The fourth-order valence-electron chi connectivity index (χ4n) is 5.72. The summed E-state index contributed by atoms with van der Waals surface area (Å²) in [5, 5.41) is 34.3. The van der Waals surface area contributed by atoms with Crippen molar-refractivity contribution >= 4 is 17.3 Å². The molecule has 35 heavy (non-hydrogen) atoms. The molecular weight excluding hydrogens is 465 g/mol. The Kier molecular flexibility index (Phi) is 5.06. The number of thiazole rings is 1. The van der Waals surface area contributed by atoms with Gasteiger partial charge in [-0.05, 0) is 58.1 Å². The van der Waals surface area contributed by atoms with Gasteiger partial charge in [0.2, 0.25) is 5.95 Å². The molecule has 3 fully saturated rings. The molecule has 4 atom stereocenters. The zero-order valence-corrected chi connectivity index (χ0v) is 20.4. The van der Waals surface area contributed by atoms with Crippen LogP contribution in [0.4, 0.5) is 10.3 Å². The van der Waals surface area contributed by atoms with Crippen molar-refractivity contribution in [1.82, 2.24) is 25.5 Å². The number of aromatic nitrogens is 4. The Balaban J connectivity index is 1.28. The highest BCUT2D eigenvalue weighted by Crippen LogP contribution is 2.47. The first-order valence-corrected chi connectivity index (χ1v) is 12.8. The number of anilines is 1. The van der Waals surface area contributed by atoms with Gasteiger partial charge >= 0.3 is 0 Å². The highest BCUT2D eigenvalue weighted by atomic mass is 32.1. The Morgan fingerprint density at radius 3 is 2.74 bits per heavy atom. The summed E-state index contributed by atoms with van der Waals surface area (Å²) in [6.45, 7) is 4.17. The van der Waals surface area contributed by atoms with E-state index in [1.54, 1.807) is 23.7 Å². The number of alkyl halides is 1. The monoisotopic (exact) mass is 491 g/mol. The molecule has 0 radical (unpaired) electrons. The van der Waals surface area contributed by atoms with Crippen molar-refractivity contribution in [2.45, 2.75) is 75.3 Å². The standard InChI is InChI=1S/C25H26FN7OS/c1-24-7-8-25(2,32-24)21(26)19(10-24)33(16-4-5-16)23-28-12-18(30-31-23)17-6-3-14(9-20(17)34)22-29-15(11-27)13-35-22/h3,6,9,12-13,16,19,21,32,34H,4-5,7-8,10H2,1-2H3/t19-,21-,24-,25+/m1/s1. The molecule has 6 rings (SSSR count). The molecule has 10 heteroatoms. The maximum absolute atomic E-state index is 15.8. The molecule has 0 spiro atoms. The van der Waals surface area contributed by atoms with Gasteiger partial charge in [-0.3, -0.25) is 0 Å². The number of aromatic hydroxyl groups is 1. The van der Waals surface area contributed by atoms with Crippen LogP contribution in [0.1, 0.15) is 51.6 Å². The lowest BCUT2D eigenvalue weighted by Crippen LogP contribution is -2.66. The number of benzene rings is 1. The van der Waals surface area contributed by atoms with Crippen LogP contribution < -0.4 is 10.2 Å². The number of rotatable bonds is 5. The molecule has 4 heterocycles. The van der Waals surface area contributed by atoms with Crippen LogP contribution in [-0.4, -0.2) is 54.6 Å². The van der Waals surface area contributed by atoms with Crippen LogP contribution in [0.25, 0.3) is 21.8 Å². The van der Waals surface area contributed by atoms with Crippen molar-refractivity contribution in [3.05, 3.63) is 35.5 Å². The van der Waals surface area contributed by atoms with E-state index >= 15 is 4.39 Å². The molecule has 2 saturated heterocycles. The van der Waals surface area contributed by atoms with Gasteiger partial charge in [0.15, 0.2) is 5.69 Å². The summed E-state index contributed by atoms with van der Waals surface area (Å²) in [5.74, 6) is 0.471. The maximum atomic E-state index is 15.8. The highest BCUT2D eigenvalue weighted by molar-refractivity contribution is 7.13. The molecular formula is C25H26FN7OS. The first-order valence-electron chi connectivity index (χ1n) is 11.9. The van der Waals surface area contributed by atoms with Crippen molar-refractivity contribution in [1.29, 1.82) is 5.26 Å². The average molecular weight is 492 g/mol. The SMILES string of the molecule is C[C@]12CC[C@](C)(N1)[C@H](F)[C@H](N(c1ncc(-c3ccc(-c4nc(C#N)cs4)cc3O)nn1)C1CC1)C2. The van der Waals surface area contributed by atoms with E-state index < -0.39 is 11.7 Å². The van der Waals surface area contributed by atoms with E-state index in [4.69, 9.17) is 5.26 Å². The zero-order chi connectivity index (χ0) is 24.4. The predicted molar refractivity (Wildman–Crippen MR) is 131 cm³/mol. The lowest BCUT2D eigenvalue weighted by Gasteiger charge is -2.48. The number of phenols is 1. The van der Waals surface area contributed by atoms with Gasteiger partial charge in [-0.2, -0.15) is 5.26 Å². The van der Waals surface area contributed by atoms with Gasteiger partial charge in [0.05, 0.1) is 12.2 Å². The first-order chi connectivity index (χ1) is 16.8. The molecule has 1 aliphatic carbocycles. The number of piperidine rings is 1. The van der Waals surface area contributed by atoms with Crippen LogP contribution in [0, 0.1) is 11.3 Å². The first kappa shape index (κ1) is 22.3. The van der Waals surface area contributed by atoms with Crippen molar-refractivity contribution in [3.63, 3.8) is 0 Å². The Morgan fingerprint density at radius 2 is 2.09 bits per heavy atom. The van der Waals surface area contributed by atoms with E-state index in [0.29, 0.717) is 39.9 Å². The van der Waals surface area contributed by atoms with Crippen molar-refractivity contribution < 1.29 is 9.50 Å². The zero-order valence-electron chi connectivity index (χ0n) is 19.6. The Labute approximate surface area is 206 Å². The second-order valence-electron chi connectivity index (χ2n) is 10.4. The van der Waals surface area contributed by atoms with Crippen LogP contribution in [0.3, 0.4) is 0 Å². The Bertz CT molecular complexity index is 1320. The van der Waals surface area contributed by atoms with Gasteiger partial charge in [-0.25, -0.2) is 14.4 Å². The van der Waals surface area contributed by atoms with Gasteiger partial charge in [0.25, 0.3) is 0 Å². The lowest BCUT2D eigenvalue weighted by molar-refractivity contribution is 0.0828. The van der Waals surface area contributed by atoms with E-state index in [9.17, 15) is 5.11 Å². The average Bonchev–Trinajstić information content (AvgIpc) is 3.48. The molecule has 3 aliphatic rings. The van der Waals surface area contributed by atoms with Crippen molar-refractivity contribution in [2.75, 3.05) is 4.90 Å². The fourth-order valence-corrected chi connectivity index (χ4v) is 6.47. The maximum Gasteiger partial charge on any atom is 0.245 e. The number of hydrogen-bond donors (Lipinski definition) is 2. The third-order valence-electron chi connectivity index (χ3n) is 7.61. The number of nitriles is 1. The minimum Gasteiger partial charge on any atom is -0.507 e. The van der Waals surface area contributed by atoms with E-state index in [-0.39, 0.29) is 23.4 Å². The number of phenolic OH excluding ortho intramolecular Hbond substituents is 1. The molecule has 1 aromatic carbocycles. The van der Waals surface area contributed by atoms with Crippen LogP contribution in [-0.2, 0) is 0 Å². The summed E-state index contributed by atoms with van der Waals surface area (Å²) in [4.78, 5) is 10.9. The second-order valence-corrected chi connectivity index (χ2v) is 11.3. The summed E-state index contributed by atoms with van der Waals surface area (Å²) in [5.41, 5.74) is 1.38. The van der Waals surface area contributed by atoms with Crippen LogP contribution in [0.2, 0.25) is 0 Å². The van der Waals surface area contributed by atoms with E-state index in [2.05, 4.69) is 37.3 Å². The topological polar surface area (TPSA) is 111 Å². The quantitative estimate of drug-likeness (QED) is 0.546. The Morgan fingerprint density at radius 1 is 1.26 bits per heavy atom. The summed E-state index contributed by atoms with van der Waals surface area (Å²) in [6.07, 6.45) is 5.07. The summed E-state index contributed by atoms with van der Waals surface area (Å²) in [6, 6.07) is 7.12. The van der Waals surface area contributed by atoms with Crippen molar-refractivity contribution in [3.8, 4) is 33.6 Å².